The van der Waals surface area contributed by atoms with Crippen molar-refractivity contribution >= 4 is 37.5 Å². The highest BCUT2D eigenvalue weighted by Crippen LogP contribution is 2.27. The molecule has 0 radical (unpaired) electrons. The standard InChI is InChI=1S/C12H16BrN5O2S/c1-8-15-12(10(13)18(8)4)21(19,20)16-9-6-5-7-14-11(9)17(2)3/h5-7,16H,1-4H3. The maximum atomic E-state index is 12.5. The Kier molecular flexibility index (Phi) is 4.24. The number of anilines is 2. The molecule has 0 saturated heterocycles. The molecule has 0 atom stereocenters. The summed E-state index contributed by atoms with van der Waals surface area (Å²) in [6, 6.07) is 3.33. The van der Waals surface area contributed by atoms with Crippen molar-refractivity contribution in [3.63, 3.8) is 0 Å². The van der Waals surface area contributed by atoms with E-state index in [9.17, 15) is 8.42 Å². The van der Waals surface area contributed by atoms with E-state index in [1.807, 2.05) is 0 Å². The molecule has 2 rings (SSSR count). The van der Waals surface area contributed by atoms with E-state index in [-0.39, 0.29) is 5.03 Å². The molecule has 0 saturated carbocycles. The first-order valence-corrected chi connectivity index (χ1v) is 8.35. The van der Waals surface area contributed by atoms with Gasteiger partial charge in [-0.2, -0.15) is 8.42 Å². The lowest BCUT2D eigenvalue weighted by atomic mass is 10.4. The van der Waals surface area contributed by atoms with E-state index in [1.165, 1.54) is 0 Å². The highest BCUT2D eigenvalue weighted by Gasteiger charge is 2.25. The topological polar surface area (TPSA) is 80.1 Å². The van der Waals surface area contributed by atoms with Crippen LogP contribution in [0.15, 0.2) is 28.0 Å². The van der Waals surface area contributed by atoms with Crippen LogP contribution in [-0.4, -0.2) is 37.0 Å². The average molecular weight is 374 g/mol. The molecule has 2 aromatic rings. The van der Waals surface area contributed by atoms with E-state index < -0.39 is 10.0 Å². The van der Waals surface area contributed by atoms with Crippen LogP contribution in [0.1, 0.15) is 5.82 Å². The summed E-state index contributed by atoms with van der Waals surface area (Å²) in [5.74, 6) is 1.13. The third kappa shape index (κ3) is 3.03. The number of halogens is 1. The van der Waals surface area contributed by atoms with Crippen LogP contribution in [0.5, 0.6) is 0 Å². The molecular weight excluding hydrogens is 358 g/mol. The Hall–Kier alpha value is -1.61. The fourth-order valence-corrected chi connectivity index (χ4v) is 3.89. The Bertz CT molecular complexity index is 770. The van der Waals surface area contributed by atoms with E-state index in [2.05, 4.69) is 30.6 Å². The number of nitrogens with one attached hydrogen (secondary N) is 1. The van der Waals surface area contributed by atoms with Crippen LogP contribution in [0.25, 0.3) is 0 Å². The summed E-state index contributed by atoms with van der Waals surface area (Å²) in [6.45, 7) is 1.74. The van der Waals surface area contributed by atoms with E-state index >= 15 is 0 Å². The molecule has 0 aliphatic heterocycles. The molecule has 0 bridgehead atoms. The van der Waals surface area contributed by atoms with Gasteiger partial charge in [0.15, 0.2) is 5.82 Å². The summed E-state index contributed by atoms with van der Waals surface area (Å²) < 4.78 is 29.6. The number of sulfonamides is 1. The fourth-order valence-electron chi connectivity index (χ4n) is 1.75. The number of hydrogen-bond donors (Lipinski definition) is 1. The average Bonchev–Trinajstić information content (AvgIpc) is 2.67. The number of nitrogens with zero attached hydrogens (tertiary/aromatic N) is 4. The molecule has 0 amide bonds. The minimum Gasteiger partial charge on any atom is -0.361 e. The third-order valence-corrected chi connectivity index (χ3v) is 5.38. The quantitative estimate of drug-likeness (QED) is 0.882. The van der Waals surface area contributed by atoms with Crippen molar-refractivity contribution in [2.45, 2.75) is 11.9 Å². The van der Waals surface area contributed by atoms with Gasteiger partial charge < -0.3 is 9.47 Å². The first kappa shape index (κ1) is 15.8. The van der Waals surface area contributed by atoms with Gasteiger partial charge in [0.1, 0.15) is 10.4 Å². The largest absolute Gasteiger partial charge is 0.361 e. The molecule has 2 heterocycles. The number of hydrogen-bond acceptors (Lipinski definition) is 5. The molecule has 2 aromatic heterocycles. The van der Waals surface area contributed by atoms with Crippen LogP contribution in [0, 0.1) is 6.92 Å². The summed E-state index contributed by atoms with van der Waals surface area (Å²) in [7, 11) is 1.52. The molecule has 0 aromatic carbocycles. The summed E-state index contributed by atoms with van der Waals surface area (Å²) in [6.07, 6.45) is 1.61. The molecule has 0 aliphatic rings. The van der Waals surface area contributed by atoms with Crippen LogP contribution in [0.2, 0.25) is 0 Å². The Labute approximate surface area is 132 Å². The molecule has 0 fully saturated rings. The maximum absolute atomic E-state index is 12.5. The fraction of sp³-hybridized carbons (Fsp3) is 0.333. The smallest absolute Gasteiger partial charge is 0.282 e. The van der Waals surface area contributed by atoms with Gasteiger partial charge in [0, 0.05) is 27.3 Å². The maximum Gasteiger partial charge on any atom is 0.282 e. The molecule has 0 unspecified atom stereocenters. The summed E-state index contributed by atoms with van der Waals surface area (Å²) in [5.41, 5.74) is 0.401. The Morgan fingerprint density at radius 1 is 1.38 bits per heavy atom. The first-order chi connectivity index (χ1) is 9.74. The van der Waals surface area contributed by atoms with Gasteiger partial charge in [-0.3, -0.25) is 4.72 Å². The van der Waals surface area contributed by atoms with Gasteiger partial charge in [0.25, 0.3) is 10.0 Å². The molecule has 114 valence electrons. The zero-order valence-corrected chi connectivity index (χ0v) is 14.5. The molecule has 1 N–H and O–H groups in total. The number of imidazole rings is 1. The number of pyridine rings is 1. The zero-order valence-electron chi connectivity index (χ0n) is 12.1. The minimum atomic E-state index is -3.80. The predicted molar refractivity (Wildman–Crippen MR) is 85.0 cm³/mol. The van der Waals surface area contributed by atoms with Crippen molar-refractivity contribution in [1.82, 2.24) is 14.5 Å². The summed E-state index contributed by atoms with van der Waals surface area (Å²) in [5, 5.41) is -0.0453. The first-order valence-electron chi connectivity index (χ1n) is 6.08. The van der Waals surface area contributed by atoms with Crippen LogP contribution in [-0.2, 0) is 17.1 Å². The number of rotatable bonds is 4. The van der Waals surface area contributed by atoms with Crippen molar-refractivity contribution in [3.8, 4) is 0 Å². The lowest BCUT2D eigenvalue weighted by Crippen LogP contribution is -2.18. The molecule has 0 aliphatic carbocycles. The van der Waals surface area contributed by atoms with E-state index in [4.69, 9.17) is 0 Å². The second-order valence-electron chi connectivity index (χ2n) is 4.69. The monoisotopic (exact) mass is 373 g/mol. The summed E-state index contributed by atoms with van der Waals surface area (Å²) >= 11 is 3.25. The molecular formula is C12H16BrN5O2S. The van der Waals surface area contributed by atoms with Gasteiger partial charge in [-0.25, -0.2) is 9.97 Å². The number of aryl methyl sites for hydroxylation is 1. The minimum absolute atomic E-state index is 0.0453. The number of aromatic nitrogens is 3. The third-order valence-electron chi connectivity index (χ3n) is 2.93. The lowest BCUT2D eigenvalue weighted by Gasteiger charge is -2.16. The van der Waals surface area contributed by atoms with Crippen molar-refractivity contribution in [3.05, 3.63) is 28.8 Å². The van der Waals surface area contributed by atoms with Gasteiger partial charge in [0.05, 0.1) is 5.69 Å². The van der Waals surface area contributed by atoms with Gasteiger partial charge in [-0.15, -0.1) is 0 Å². The second-order valence-corrected chi connectivity index (χ2v) is 7.04. The van der Waals surface area contributed by atoms with Gasteiger partial charge in [-0.05, 0) is 35.0 Å². The van der Waals surface area contributed by atoms with E-state index in [0.29, 0.717) is 21.9 Å². The highest BCUT2D eigenvalue weighted by molar-refractivity contribution is 9.10. The van der Waals surface area contributed by atoms with Gasteiger partial charge >= 0.3 is 0 Å². The predicted octanol–water partition coefficient (Wildman–Crippen LogP) is 1.75. The van der Waals surface area contributed by atoms with Crippen LogP contribution in [0.4, 0.5) is 11.5 Å². The Morgan fingerprint density at radius 3 is 2.57 bits per heavy atom. The summed E-state index contributed by atoms with van der Waals surface area (Å²) in [4.78, 5) is 9.98. The second kappa shape index (κ2) is 5.64. The molecule has 21 heavy (non-hydrogen) atoms. The van der Waals surface area contributed by atoms with E-state index in [0.717, 1.165) is 0 Å². The van der Waals surface area contributed by atoms with Crippen molar-refractivity contribution in [2.75, 3.05) is 23.7 Å². The molecule has 0 spiro atoms. The molecule has 7 nitrogen and oxygen atoms in total. The SMILES string of the molecule is Cc1nc(S(=O)(=O)Nc2cccnc2N(C)C)c(Br)n1C. The normalized spacial score (nSPS) is 11.5. The van der Waals surface area contributed by atoms with Crippen molar-refractivity contribution < 1.29 is 8.42 Å². The molecule has 9 heteroatoms. The van der Waals surface area contributed by atoms with Crippen molar-refractivity contribution in [2.24, 2.45) is 7.05 Å². The van der Waals surface area contributed by atoms with Gasteiger partial charge in [0.2, 0.25) is 5.03 Å². The van der Waals surface area contributed by atoms with Crippen LogP contribution >= 0.6 is 15.9 Å². The lowest BCUT2D eigenvalue weighted by molar-refractivity contribution is 0.597. The Morgan fingerprint density at radius 2 is 2.05 bits per heavy atom. The van der Waals surface area contributed by atoms with Crippen LogP contribution in [0.3, 0.4) is 0 Å². The zero-order chi connectivity index (χ0) is 15.8. The van der Waals surface area contributed by atoms with Crippen LogP contribution < -0.4 is 9.62 Å². The van der Waals surface area contributed by atoms with E-state index in [1.54, 1.807) is 55.9 Å². The Balaban J connectivity index is 2.45. The highest BCUT2D eigenvalue weighted by atomic mass is 79.9. The van der Waals surface area contributed by atoms with Gasteiger partial charge in [-0.1, -0.05) is 0 Å². The van der Waals surface area contributed by atoms with Crippen molar-refractivity contribution in [1.29, 1.82) is 0 Å².